The largest absolute Gasteiger partial charge is 0.0759 e. The standard InChI is InChI=1S/C94H78/c1-91(2,3)73-47-69-29-27-63-31-39-75(81-45-37-71(49-73)87(69)89(63)81)61-23-19-57(20-24-61)55-11-15-59(16-12-55)65-33-41-77-79-43-35-67(53-85(79)93(7,8)83(77)51-65)68-36-44-80-78-42-34-66(52-84(78)94(9,10)86(80)54-68)60-17-13-56(14-18-60)58-21-25-62(26-22-58)76-40-32-64-28-30-70-48-74(92(4,5)6)50-72-38-46-82(76)90(64)88(70)72/h11-27,29-44,46-47,50-54H,28,45,48-49H2,1-10H3. The quantitative estimate of drug-likeness (QED) is 0.149. The predicted octanol–water partition coefficient (Wildman–Crippen LogP) is 25.8. The van der Waals surface area contributed by atoms with Gasteiger partial charge >= 0.3 is 0 Å². The highest BCUT2D eigenvalue weighted by Crippen LogP contribution is 2.55. The Labute approximate surface area is 555 Å². The fourth-order valence-electron chi connectivity index (χ4n) is 17.3. The molecule has 94 heavy (non-hydrogen) atoms. The minimum absolute atomic E-state index is 0.161. The van der Waals surface area contributed by atoms with Gasteiger partial charge in [0.1, 0.15) is 0 Å². The van der Waals surface area contributed by atoms with Gasteiger partial charge in [0.05, 0.1) is 0 Å². The van der Waals surface area contributed by atoms with Crippen LogP contribution in [0.3, 0.4) is 0 Å². The zero-order valence-electron chi connectivity index (χ0n) is 55.9. The van der Waals surface area contributed by atoms with E-state index in [0.29, 0.717) is 0 Å². The van der Waals surface area contributed by atoms with Gasteiger partial charge in [-0.15, -0.1) is 0 Å². The normalized spacial score (nSPS) is 15.8. The molecule has 0 heteroatoms. The van der Waals surface area contributed by atoms with E-state index < -0.39 is 0 Å². The molecule has 0 heterocycles. The number of hydrogen-bond donors (Lipinski definition) is 0. The SMILES string of the molecule is CC(C)(C)C1=Cc2ccc3ccc(-c4ccc(-c5ccc(-c6ccc7c(c6)C(C)(C)c6cc(-c8ccc9c(c8)C(C)(C)c8cc(-c%10ccc(-c%11ccc(-c%12ccc%13c%14c%15c(ccc%12%14)C=C(C(C)(C)C)CC%15=CC%13)cc%11)cc%10)ccc8-9)ccc6-7)cc5)cc4)c4c3c2C(=CC4)C1. The van der Waals surface area contributed by atoms with Crippen LogP contribution < -0.4 is 0 Å². The van der Waals surface area contributed by atoms with E-state index in [9.17, 15) is 0 Å². The number of benzene rings is 12. The van der Waals surface area contributed by atoms with Crippen molar-refractivity contribution in [3.63, 3.8) is 0 Å². The Morgan fingerprint density at radius 1 is 0.298 bits per heavy atom. The van der Waals surface area contributed by atoms with Gasteiger partial charge in [-0.2, -0.15) is 0 Å². The fourth-order valence-corrected chi connectivity index (χ4v) is 17.3. The molecule has 0 radical (unpaired) electrons. The first-order valence-corrected chi connectivity index (χ1v) is 34.3. The monoisotopic (exact) mass is 1210 g/mol. The summed E-state index contributed by atoms with van der Waals surface area (Å²) in [6.45, 7) is 23.7. The minimum Gasteiger partial charge on any atom is -0.0759 e. The summed E-state index contributed by atoms with van der Waals surface area (Å²) in [6, 6.07) is 84.5. The zero-order chi connectivity index (χ0) is 63.9. The lowest BCUT2D eigenvalue weighted by Crippen LogP contribution is -2.15. The number of fused-ring (bicyclic) bond motifs is 6. The molecule has 0 bridgehead atoms. The van der Waals surface area contributed by atoms with Crippen molar-refractivity contribution in [3.8, 4) is 100 Å². The average molecular weight is 1210 g/mol. The Balaban J connectivity index is 0.562. The van der Waals surface area contributed by atoms with Crippen LogP contribution in [0.15, 0.2) is 242 Å². The molecular weight excluding hydrogens is 1130 g/mol. The molecular formula is C94H78. The topological polar surface area (TPSA) is 0 Å². The first kappa shape index (κ1) is 56.8. The highest BCUT2D eigenvalue weighted by Gasteiger charge is 2.39. The van der Waals surface area contributed by atoms with Gasteiger partial charge in [-0.25, -0.2) is 0 Å². The van der Waals surface area contributed by atoms with Crippen molar-refractivity contribution in [1.82, 2.24) is 0 Å². The van der Waals surface area contributed by atoms with Gasteiger partial charge in [0.15, 0.2) is 0 Å². The van der Waals surface area contributed by atoms with Crippen LogP contribution in [0.2, 0.25) is 0 Å². The van der Waals surface area contributed by atoms with Crippen molar-refractivity contribution in [2.75, 3.05) is 0 Å². The zero-order valence-corrected chi connectivity index (χ0v) is 55.9. The highest BCUT2D eigenvalue weighted by atomic mass is 14.4. The second kappa shape index (κ2) is 20.3. The maximum atomic E-state index is 2.51. The van der Waals surface area contributed by atoms with Crippen LogP contribution in [0.5, 0.6) is 0 Å². The van der Waals surface area contributed by atoms with E-state index in [0.717, 1.165) is 25.7 Å². The van der Waals surface area contributed by atoms with Gasteiger partial charge in [-0.3, -0.25) is 0 Å². The molecule has 0 unspecified atom stereocenters. The Kier molecular flexibility index (Phi) is 12.3. The van der Waals surface area contributed by atoms with Crippen LogP contribution in [-0.2, 0) is 23.7 Å². The van der Waals surface area contributed by atoms with Crippen molar-refractivity contribution in [3.05, 3.63) is 297 Å². The van der Waals surface area contributed by atoms with Crippen LogP contribution in [0.25, 0.3) is 145 Å². The average Bonchev–Trinajstić information content (AvgIpc) is 0.885. The Morgan fingerprint density at radius 2 is 0.628 bits per heavy atom. The Morgan fingerprint density at radius 3 is 1.06 bits per heavy atom. The van der Waals surface area contributed by atoms with Gasteiger partial charge in [0.25, 0.3) is 0 Å². The van der Waals surface area contributed by atoms with E-state index in [4.69, 9.17) is 0 Å². The van der Waals surface area contributed by atoms with Crippen molar-refractivity contribution in [2.24, 2.45) is 10.8 Å². The lowest BCUT2D eigenvalue weighted by Gasteiger charge is -2.32. The van der Waals surface area contributed by atoms with E-state index in [-0.39, 0.29) is 21.7 Å². The molecule has 6 aliphatic carbocycles. The number of allylic oxidation sites excluding steroid dienone is 6. The van der Waals surface area contributed by atoms with Crippen LogP contribution in [0.4, 0.5) is 0 Å². The molecule has 6 aliphatic rings. The lowest BCUT2D eigenvalue weighted by molar-refractivity contribution is 0.498. The van der Waals surface area contributed by atoms with Crippen LogP contribution in [0.1, 0.15) is 138 Å². The van der Waals surface area contributed by atoms with E-state index in [2.05, 4.69) is 312 Å². The third-order valence-electron chi connectivity index (χ3n) is 22.9. The molecule has 0 spiro atoms. The molecule has 0 amide bonds. The van der Waals surface area contributed by atoms with Gasteiger partial charge < -0.3 is 0 Å². The number of rotatable bonds is 7. The van der Waals surface area contributed by atoms with E-state index in [1.165, 1.54) is 200 Å². The van der Waals surface area contributed by atoms with E-state index in [1.807, 2.05) is 0 Å². The van der Waals surface area contributed by atoms with Gasteiger partial charge in [-0.05, 0) is 249 Å². The van der Waals surface area contributed by atoms with Crippen LogP contribution in [-0.4, -0.2) is 0 Å². The second-order valence-corrected chi connectivity index (χ2v) is 31.1. The van der Waals surface area contributed by atoms with Gasteiger partial charge in [0, 0.05) is 10.8 Å². The summed E-state index contributed by atoms with van der Waals surface area (Å²) in [5.74, 6) is 0. The second-order valence-electron chi connectivity index (χ2n) is 31.1. The minimum atomic E-state index is -0.162. The summed E-state index contributed by atoms with van der Waals surface area (Å²) >= 11 is 0. The lowest BCUT2D eigenvalue weighted by atomic mass is 9.72. The molecule has 12 aromatic rings. The third kappa shape index (κ3) is 8.78. The molecule has 0 atom stereocenters. The first-order chi connectivity index (χ1) is 45.3. The summed E-state index contributed by atoms with van der Waals surface area (Å²) in [4.78, 5) is 0. The van der Waals surface area contributed by atoms with Crippen LogP contribution >= 0.6 is 0 Å². The molecule has 0 saturated carbocycles. The Bertz CT molecular complexity index is 5410. The molecule has 0 nitrogen and oxygen atoms in total. The molecule has 0 fully saturated rings. The van der Waals surface area contributed by atoms with Crippen molar-refractivity contribution < 1.29 is 0 Å². The maximum Gasteiger partial charge on any atom is 0.0159 e. The number of hydrogen-bond acceptors (Lipinski definition) is 0. The summed E-state index contributed by atoms with van der Waals surface area (Å²) in [6.07, 6.45) is 14.0. The van der Waals surface area contributed by atoms with Crippen LogP contribution in [0, 0.1) is 10.8 Å². The van der Waals surface area contributed by atoms with Gasteiger partial charge in [-0.1, -0.05) is 299 Å². The summed E-state index contributed by atoms with van der Waals surface area (Å²) in [5.41, 5.74) is 43.2. The van der Waals surface area contributed by atoms with Crippen molar-refractivity contribution in [2.45, 2.75) is 106 Å². The predicted molar refractivity (Wildman–Crippen MR) is 402 cm³/mol. The van der Waals surface area contributed by atoms with Gasteiger partial charge in [0.2, 0.25) is 0 Å². The third-order valence-corrected chi connectivity index (χ3v) is 22.9. The fraction of sp³-hybridized carbons (Fsp3) is 0.191. The molecule has 12 aromatic carbocycles. The summed E-state index contributed by atoms with van der Waals surface area (Å²) in [7, 11) is 0. The summed E-state index contributed by atoms with van der Waals surface area (Å²) < 4.78 is 0. The molecule has 18 rings (SSSR count). The maximum absolute atomic E-state index is 2.51. The molecule has 0 saturated heterocycles. The Hall–Kier alpha value is -9.88. The van der Waals surface area contributed by atoms with E-state index >= 15 is 0 Å². The summed E-state index contributed by atoms with van der Waals surface area (Å²) in [5, 5.41) is 5.61. The van der Waals surface area contributed by atoms with E-state index in [1.54, 1.807) is 0 Å². The first-order valence-electron chi connectivity index (χ1n) is 34.3. The molecule has 454 valence electrons. The molecule has 0 N–H and O–H groups in total. The highest BCUT2D eigenvalue weighted by molar-refractivity contribution is 6.09. The van der Waals surface area contributed by atoms with Crippen molar-refractivity contribution in [1.29, 1.82) is 0 Å². The molecule has 0 aliphatic heterocycles. The van der Waals surface area contributed by atoms with Crippen molar-refractivity contribution >= 4 is 44.8 Å². The smallest absolute Gasteiger partial charge is 0.0159 e. The molecule has 0 aromatic heterocycles.